The van der Waals surface area contributed by atoms with Gasteiger partial charge in [0.2, 0.25) is 5.91 Å². The lowest BCUT2D eigenvalue weighted by molar-refractivity contribution is -0.145. The first kappa shape index (κ1) is 14.1. The molecule has 0 spiro atoms. The van der Waals surface area contributed by atoms with Gasteiger partial charge in [-0.3, -0.25) is 9.59 Å². The van der Waals surface area contributed by atoms with Crippen LogP contribution in [0.25, 0.3) is 0 Å². The molecule has 1 amide bonds. The molecule has 0 heterocycles. The number of halogens is 2. The van der Waals surface area contributed by atoms with Crippen LogP contribution in [-0.4, -0.2) is 37.5 Å². The summed E-state index contributed by atoms with van der Waals surface area (Å²) in [6.07, 6.45) is -0.438. The summed E-state index contributed by atoms with van der Waals surface area (Å²) in [5, 5.41) is 0. The van der Waals surface area contributed by atoms with Gasteiger partial charge in [-0.05, 0) is 12.1 Å². The largest absolute Gasteiger partial charge is 0.468 e. The van der Waals surface area contributed by atoms with E-state index in [0.717, 1.165) is 17.0 Å². The van der Waals surface area contributed by atoms with Crippen molar-refractivity contribution in [3.63, 3.8) is 0 Å². The number of amides is 1. The van der Waals surface area contributed by atoms with E-state index in [1.54, 1.807) is 0 Å². The van der Waals surface area contributed by atoms with Crippen molar-refractivity contribution in [3.8, 4) is 0 Å². The van der Waals surface area contributed by atoms with Crippen LogP contribution in [0.3, 0.4) is 0 Å². The third-order valence-electron chi connectivity index (χ3n) is 2.41. The minimum Gasteiger partial charge on any atom is -0.468 e. The number of carbonyl (C=O) groups is 2. The van der Waals surface area contributed by atoms with E-state index < -0.39 is 29.9 Å². The second kappa shape index (κ2) is 6.09. The molecule has 18 heavy (non-hydrogen) atoms. The Balaban J connectivity index is 2.73. The second-order valence-corrected chi connectivity index (χ2v) is 3.70. The minimum atomic E-state index is -0.783. The van der Waals surface area contributed by atoms with Crippen molar-refractivity contribution >= 4 is 11.9 Å². The molecule has 0 fully saturated rings. The highest BCUT2D eigenvalue weighted by Gasteiger charge is 2.17. The zero-order valence-electron chi connectivity index (χ0n) is 10.1. The molecule has 0 saturated carbocycles. The van der Waals surface area contributed by atoms with E-state index in [0.29, 0.717) is 0 Å². The van der Waals surface area contributed by atoms with Crippen LogP contribution in [0.15, 0.2) is 18.2 Å². The minimum absolute atomic E-state index is 0.259. The predicted octanol–water partition coefficient (Wildman–Crippen LogP) is 1.14. The molecule has 1 aromatic carbocycles. The Morgan fingerprint density at radius 2 is 1.83 bits per heavy atom. The molecule has 0 saturated heterocycles. The Labute approximate surface area is 103 Å². The lowest BCUT2D eigenvalue weighted by Crippen LogP contribution is -2.34. The summed E-state index contributed by atoms with van der Waals surface area (Å²) in [4.78, 5) is 23.7. The van der Waals surface area contributed by atoms with Crippen LogP contribution >= 0.6 is 0 Å². The van der Waals surface area contributed by atoms with E-state index in [1.807, 2.05) is 0 Å². The number of likely N-dealkylation sites (N-methyl/N-ethyl adjacent to an activating group) is 1. The van der Waals surface area contributed by atoms with Crippen LogP contribution in [0.5, 0.6) is 0 Å². The number of nitrogens with zero attached hydrogens (tertiary/aromatic N) is 1. The highest BCUT2D eigenvalue weighted by molar-refractivity contribution is 5.83. The molecular weight excluding hydrogens is 244 g/mol. The van der Waals surface area contributed by atoms with E-state index in [1.165, 1.54) is 20.2 Å². The summed E-state index contributed by atoms with van der Waals surface area (Å²) in [6.45, 7) is -0.259. The molecule has 0 aromatic heterocycles. The van der Waals surface area contributed by atoms with Gasteiger partial charge in [0.1, 0.15) is 18.2 Å². The first-order valence-electron chi connectivity index (χ1n) is 5.19. The zero-order valence-corrected chi connectivity index (χ0v) is 10.1. The zero-order chi connectivity index (χ0) is 13.7. The average molecular weight is 257 g/mol. The Morgan fingerprint density at radius 3 is 2.33 bits per heavy atom. The van der Waals surface area contributed by atoms with Crippen molar-refractivity contribution < 1.29 is 23.1 Å². The molecular formula is C12H13F2NO3. The average Bonchev–Trinajstić information content (AvgIpc) is 2.33. The molecule has 0 aliphatic carbocycles. The fraction of sp³-hybridized carbons (Fsp3) is 0.333. The van der Waals surface area contributed by atoms with Gasteiger partial charge in [0.15, 0.2) is 0 Å². The monoisotopic (exact) mass is 257 g/mol. The van der Waals surface area contributed by atoms with Gasteiger partial charge in [0.05, 0.1) is 13.5 Å². The summed E-state index contributed by atoms with van der Waals surface area (Å²) in [7, 11) is 2.55. The molecule has 0 N–H and O–H groups in total. The Morgan fingerprint density at radius 1 is 1.28 bits per heavy atom. The van der Waals surface area contributed by atoms with Crippen LogP contribution in [0.1, 0.15) is 5.56 Å². The Hall–Kier alpha value is -1.98. The highest BCUT2D eigenvalue weighted by Crippen LogP contribution is 2.13. The van der Waals surface area contributed by atoms with Crippen molar-refractivity contribution in [2.24, 2.45) is 0 Å². The molecule has 0 radical (unpaired) electrons. The fourth-order valence-electron chi connectivity index (χ4n) is 1.33. The van der Waals surface area contributed by atoms with Gasteiger partial charge < -0.3 is 9.64 Å². The predicted molar refractivity (Wildman–Crippen MR) is 59.7 cm³/mol. The van der Waals surface area contributed by atoms with E-state index in [4.69, 9.17) is 0 Å². The fourth-order valence-corrected chi connectivity index (χ4v) is 1.33. The number of methoxy groups -OCH3 is 1. The van der Waals surface area contributed by atoms with Gasteiger partial charge in [-0.25, -0.2) is 8.78 Å². The molecule has 1 rings (SSSR count). The third kappa shape index (κ3) is 3.51. The van der Waals surface area contributed by atoms with Crippen LogP contribution < -0.4 is 0 Å². The van der Waals surface area contributed by atoms with Crippen molar-refractivity contribution in [3.05, 3.63) is 35.4 Å². The molecule has 1 aromatic rings. The quantitative estimate of drug-likeness (QED) is 0.760. The maximum atomic E-state index is 13.3. The highest BCUT2D eigenvalue weighted by atomic mass is 19.1. The summed E-state index contributed by atoms with van der Waals surface area (Å²) in [5.41, 5.74) is -0.306. The van der Waals surface area contributed by atoms with E-state index in [-0.39, 0.29) is 12.1 Å². The summed E-state index contributed by atoms with van der Waals surface area (Å²) >= 11 is 0. The van der Waals surface area contributed by atoms with E-state index in [2.05, 4.69) is 4.74 Å². The first-order chi connectivity index (χ1) is 8.45. The van der Waals surface area contributed by atoms with Crippen LogP contribution in [-0.2, 0) is 20.7 Å². The van der Waals surface area contributed by atoms with Gasteiger partial charge in [-0.15, -0.1) is 0 Å². The van der Waals surface area contributed by atoms with Crippen molar-refractivity contribution in [2.45, 2.75) is 6.42 Å². The number of hydrogen-bond donors (Lipinski definition) is 0. The third-order valence-corrected chi connectivity index (χ3v) is 2.41. The number of benzene rings is 1. The van der Waals surface area contributed by atoms with E-state index >= 15 is 0 Å². The SMILES string of the molecule is COC(=O)CN(C)C(=O)Cc1c(F)cccc1F. The van der Waals surface area contributed by atoms with Crippen LogP contribution in [0.2, 0.25) is 0 Å². The van der Waals surface area contributed by atoms with Crippen molar-refractivity contribution in [1.82, 2.24) is 4.90 Å². The maximum absolute atomic E-state index is 13.3. The molecule has 0 bridgehead atoms. The first-order valence-corrected chi connectivity index (χ1v) is 5.19. The Bertz CT molecular complexity index is 442. The summed E-state index contributed by atoms with van der Waals surface area (Å²) < 4.78 is 31.0. The summed E-state index contributed by atoms with van der Waals surface area (Å²) in [5.74, 6) is -2.73. The number of ether oxygens (including phenoxy) is 1. The summed E-state index contributed by atoms with van der Waals surface area (Å²) in [6, 6.07) is 3.37. The van der Waals surface area contributed by atoms with Gasteiger partial charge in [-0.1, -0.05) is 6.07 Å². The molecule has 98 valence electrons. The van der Waals surface area contributed by atoms with Gasteiger partial charge in [0, 0.05) is 12.6 Å². The smallest absolute Gasteiger partial charge is 0.325 e. The molecule has 0 aliphatic rings. The van der Waals surface area contributed by atoms with Crippen molar-refractivity contribution in [1.29, 1.82) is 0 Å². The maximum Gasteiger partial charge on any atom is 0.325 e. The second-order valence-electron chi connectivity index (χ2n) is 3.70. The normalized spacial score (nSPS) is 10.0. The lowest BCUT2D eigenvalue weighted by atomic mass is 10.1. The van der Waals surface area contributed by atoms with Gasteiger partial charge >= 0.3 is 5.97 Å². The van der Waals surface area contributed by atoms with Crippen molar-refractivity contribution in [2.75, 3.05) is 20.7 Å². The van der Waals surface area contributed by atoms with Gasteiger partial charge in [-0.2, -0.15) is 0 Å². The standard InChI is InChI=1S/C12H13F2NO3/c1-15(7-12(17)18-2)11(16)6-8-9(13)4-3-5-10(8)14/h3-5H,6-7H2,1-2H3. The Kier molecular flexibility index (Phi) is 4.76. The molecule has 4 nitrogen and oxygen atoms in total. The van der Waals surface area contributed by atoms with E-state index in [9.17, 15) is 18.4 Å². The number of rotatable bonds is 4. The van der Waals surface area contributed by atoms with Gasteiger partial charge in [0.25, 0.3) is 0 Å². The molecule has 0 atom stereocenters. The number of carbonyl (C=O) groups excluding carboxylic acids is 2. The van der Waals surface area contributed by atoms with Crippen LogP contribution in [0, 0.1) is 11.6 Å². The molecule has 0 unspecified atom stereocenters. The lowest BCUT2D eigenvalue weighted by Gasteiger charge is -2.15. The number of hydrogen-bond acceptors (Lipinski definition) is 3. The van der Waals surface area contributed by atoms with Crippen LogP contribution in [0.4, 0.5) is 8.78 Å². The molecule has 0 aliphatic heterocycles. The number of esters is 1. The molecule has 6 heteroatoms. The topological polar surface area (TPSA) is 46.6 Å².